The molecule has 0 amide bonds. The minimum atomic E-state index is 0.536. The van der Waals surface area contributed by atoms with Crippen LogP contribution in [0.5, 0.6) is 0 Å². The summed E-state index contributed by atoms with van der Waals surface area (Å²) in [7, 11) is 2.30. The van der Waals surface area contributed by atoms with E-state index in [-0.39, 0.29) is 0 Å². The SMILES string of the molecule is CN1C2CCC1CN(CCc1nc(CCl)cs1)CC2. The van der Waals surface area contributed by atoms with Crippen molar-refractivity contribution in [1.82, 2.24) is 14.8 Å². The summed E-state index contributed by atoms with van der Waals surface area (Å²) in [5.41, 5.74) is 1.02. The zero-order chi connectivity index (χ0) is 13.2. The van der Waals surface area contributed by atoms with E-state index in [0.717, 1.165) is 30.7 Å². The Balaban J connectivity index is 1.53. The summed E-state index contributed by atoms with van der Waals surface area (Å²) in [5.74, 6) is 0.536. The van der Waals surface area contributed by atoms with E-state index >= 15 is 0 Å². The molecule has 3 rings (SSSR count). The second-order valence-electron chi connectivity index (χ2n) is 5.76. The van der Waals surface area contributed by atoms with Gasteiger partial charge in [0.2, 0.25) is 0 Å². The molecule has 19 heavy (non-hydrogen) atoms. The van der Waals surface area contributed by atoms with Crippen LogP contribution in [0.15, 0.2) is 5.38 Å². The molecule has 0 aliphatic carbocycles. The highest BCUT2D eigenvalue weighted by atomic mass is 35.5. The van der Waals surface area contributed by atoms with Crippen LogP contribution in [0.2, 0.25) is 0 Å². The van der Waals surface area contributed by atoms with Gasteiger partial charge in [0, 0.05) is 37.0 Å². The molecule has 2 atom stereocenters. The molecule has 2 unspecified atom stereocenters. The van der Waals surface area contributed by atoms with Crippen LogP contribution in [-0.2, 0) is 12.3 Å². The molecule has 0 N–H and O–H groups in total. The van der Waals surface area contributed by atoms with Gasteiger partial charge in [-0.1, -0.05) is 0 Å². The van der Waals surface area contributed by atoms with Crippen molar-refractivity contribution in [2.75, 3.05) is 26.7 Å². The molecule has 0 aromatic carbocycles. The zero-order valence-electron chi connectivity index (χ0n) is 11.5. The van der Waals surface area contributed by atoms with Crippen molar-refractivity contribution in [3.63, 3.8) is 0 Å². The number of nitrogens with zero attached hydrogens (tertiary/aromatic N) is 3. The molecule has 5 heteroatoms. The molecule has 0 spiro atoms. The maximum absolute atomic E-state index is 5.80. The normalized spacial score (nSPS) is 28.7. The average molecular weight is 300 g/mol. The van der Waals surface area contributed by atoms with Gasteiger partial charge in [0.1, 0.15) is 0 Å². The van der Waals surface area contributed by atoms with Crippen molar-refractivity contribution >= 4 is 22.9 Å². The van der Waals surface area contributed by atoms with Gasteiger partial charge in [0.05, 0.1) is 16.6 Å². The number of fused-ring (bicyclic) bond motifs is 2. The van der Waals surface area contributed by atoms with Crippen LogP contribution in [0, 0.1) is 0 Å². The van der Waals surface area contributed by atoms with Crippen LogP contribution in [0.4, 0.5) is 0 Å². The fraction of sp³-hybridized carbons (Fsp3) is 0.786. The van der Waals surface area contributed by atoms with Crippen molar-refractivity contribution in [2.45, 2.75) is 43.6 Å². The molecule has 0 radical (unpaired) electrons. The standard InChI is InChI=1S/C14H22ClN3S/c1-17-12-2-3-13(17)9-18(6-4-12)7-5-14-16-11(8-15)10-19-14/h10,12-13H,2-9H2,1H3. The van der Waals surface area contributed by atoms with Crippen LogP contribution >= 0.6 is 22.9 Å². The molecule has 2 saturated heterocycles. The summed E-state index contributed by atoms with van der Waals surface area (Å²) in [6, 6.07) is 1.61. The molecular weight excluding hydrogens is 278 g/mol. The summed E-state index contributed by atoms with van der Waals surface area (Å²) >= 11 is 7.55. The Morgan fingerprint density at radius 1 is 1.37 bits per heavy atom. The van der Waals surface area contributed by atoms with E-state index in [2.05, 4.69) is 27.2 Å². The number of likely N-dealkylation sites (N-methyl/N-ethyl adjacent to an activating group) is 1. The lowest BCUT2D eigenvalue weighted by Gasteiger charge is -2.25. The second kappa shape index (κ2) is 6.08. The Labute approximate surface area is 124 Å². The lowest BCUT2D eigenvalue weighted by atomic mass is 10.1. The van der Waals surface area contributed by atoms with Gasteiger partial charge >= 0.3 is 0 Å². The number of aromatic nitrogens is 1. The van der Waals surface area contributed by atoms with Gasteiger partial charge in [-0.2, -0.15) is 0 Å². The molecule has 3 nitrogen and oxygen atoms in total. The summed E-state index contributed by atoms with van der Waals surface area (Å²) in [6.07, 6.45) is 5.19. The summed E-state index contributed by atoms with van der Waals surface area (Å²) in [4.78, 5) is 9.78. The molecule has 2 aliphatic rings. The smallest absolute Gasteiger partial charge is 0.0941 e. The van der Waals surface area contributed by atoms with Crippen molar-refractivity contribution < 1.29 is 0 Å². The fourth-order valence-electron chi connectivity index (χ4n) is 3.36. The third-order valence-corrected chi connectivity index (χ3v) is 5.84. The molecular formula is C14H22ClN3S. The van der Waals surface area contributed by atoms with Crippen LogP contribution < -0.4 is 0 Å². The van der Waals surface area contributed by atoms with E-state index < -0.39 is 0 Å². The Morgan fingerprint density at radius 2 is 2.21 bits per heavy atom. The Hall–Kier alpha value is -0.160. The number of thiazole rings is 1. The van der Waals surface area contributed by atoms with Gasteiger partial charge in [-0.3, -0.25) is 4.90 Å². The van der Waals surface area contributed by atoms with Gasteiger partial charge in [-0.15, -0.1) is 22.9 Å². The van der Waals surface area contributed by atoms with Crippen molar-refractivity contribution in [1.29, 1.82) is 0 Å². The number of hydrogen-bond donors (Lipinski definition) is 0. The monoisotopic (exact) mass is 299 g/mol. The van der Waals surface area contributed by atoms with E-state index in [0.29, 0.717) is 5.88 Å². The van der Waals surface area contributed by atoms with Crippen LogP contribution in [0.1, 0.15) is 30.0 Å². The molecule has 106 valence electrons. The first-order valence-corrected chi connectivity index (χ1v) is 8.61. The van der Waals surface area contributed by atoms with Crippen molar-refractivity contribution in [3.05, 3.63) is 16.1 Å². The first-order valence-electron chi connectivity index (χ1n) is 7.20. The van der Waals surface area contributed by atoms with E-state index in [1.807, 2.05) is 0 Å². The molecule has 1 aromatic heterocycles. The van der Waals surface area contributed by atoms with E-state index in [1.165, 1.54) is 37.4 Å². The molecule has 3 heterocycles. The second-order valence-corrected chi connectivity index (χ2v) is 6.97. The fourth-order valence-corrected chi connectivity index (χ4v) is 4.38. The molecule has 2 fully saturated rings. The first-order chi connectivity index (χ1) is 9.26. The van der Waals surface area contributed by atoms with Gasteiger partial charge in [0.15, 0.2) is 0 Å². The third kappa shape index (κ3) is 3.13. The molecule has 0 saturated carbocycles. The Bertz CT molecular complexity index is 423. The largest absolute Gasteiger partial charge is 0.301 e. The predicted molar refractivity (Wildman–Crippen MR) is 81.0 cm³/mol. The van der Waals surface area contributed by atoms with E-state index in [1.54, 1.807) is 11.3 Å². The van der Waals surface area contributed by atoms with E-state index in [4.69, 9.17) is 11.6 Å². The van der Waals surface area contributed by atoms with Crippen LogP contribution in [0.25, 0.3) is 0 Å². The summed E-state index contributed by atoms with van der Waals surface area (Å²) in [5, 5.41) is 3.32. The molecule has 2 bridgehead atoms. The lowest BCUT2D eigenvalue weighted by molar-refractivity contribution is 0.220. The maximum atomic E-state index is 5.80. The van der Waals surface area contributed by atoms with Crippen molar-refractivity contribution in [2.24, 2.45) is 0 Å². The van der Waals surface area contributed by atoms with Gasteiger partial charge in [-0.05, 0) is 32.9 Å². The highest BCUT2D eigenvalue weighted by Crippen LogP contribution is 2.28. The van der Waals surface area contributed by atoms with Gasteiger partial charge in [-0.25, -0.2) is 4.98 Å². The topological polar surface area (TPSA) is 19.4 Å². The Kier molecular flexibility index (Phi) is 4.42. The van der Waals surface area contributed by atoms with Crippen LogP contribution in [0.3, 0.4) is 0 Å². The average Bonchev–Trinajstić information content (AvgIpc) is 2.94. The number of rotatable bonds is 4. The maximum Gasteiger partial charge on any atom is 0.0941 e. The molecule has 1 aromatic rings. The number of halogens is 1. The first kappa shape index (κ1) is 13.8. The quantitative estimate of drug-likeness (QED) is 0.797. The van der Waals surface area contributed by atoms with E-state index in [9.17, 15) is 0 Å². The number of alkyl halides is 1. The molecule has 2 aliphatic heterocycles. The third-order valence-electron chi connectivity index (χ3n) is 4.61. The highest BCUT2D eigenvalue weighted by molar-refractivity contribution is 7.09. The number of hydrogen-bond acceptors (Lipinski definition) is 4. The van der Waals surface area contributed by atoms with Gasteiger partial charge in [0.25, 0.3) is 0 Å². The Morgan fingerprint density at radius 3 is 3.00 bits per heavy atom. The zero-order valence-corrected chi connectivity index (χ0v) is 13.1. The van der Waals surface area contributed by atoms with Gasteiger partial charge < -0.3 is 4.90 Å². The summed E-state index contributed by atoms with van der Waals surface area (Å²) in [6.45, 7) is 3.63. The summed E-state index contributed by atoms with van der Waals surface area (Å²) < 4.78 is 0. The van der Waals surface area contributed by atoms with Crippen LogP contribution in [-0.4, -0.2) is 53.5 Å². The highest BCUT2D eigenvalue weighted by Gasteiger charge is 2.34. The predicted octanol–water partition coefficient (Wildman–Crippen LogP) is 2.59. The van der Waals surface area contributed by atoms with Crippen molar-refractivity contribution in [3.8, 4) is 0 Å². The minimum absolute atomic E-state index is 0.536. The number of likely N-dealkylation sites (tertiary alicyclic amines) is 1. The lowest BCUT2D eigenvalue weighted by Crippen LogP contribution is -2.37. The minimum Gasteiger partial charge on any atom is -0.301 e.